The molecule has 0 bridgehead atoms. The molecule has 3 rings (SSSR count). The zero-order chi connectivity index (χ0) is 20.7. The fraction of sp³-hybridized carbons (Fsp3) is 0.571. The van der Waals surface area contributed by atoms with Crippen molar-refractivity contribution in [1.82, 2.24) is 4.90 Å². The van der Waals surface area contributed by atoms with Crippen LogP contribution >= 0.6 is 0 Å². The van der Waals surface area contributed by atoms with Crippen molar-refractivity contribution < 1.29 is 14.0 Å². The Hall–Kier alpha value is -2.44. The normalized spacial score (nSPS) is 25.0. The first kappa shape index (κ1) is 20.3. The Balaban J connectivity index is 1.92. The van der Waals surface area contributed by atoms with Gasteiger partial charge in [0.1, 0.15) is 11.4 Å². The highest BCUT2D eigenvalue weighted by molar-refractivity contribution is 6.01. The van der Waals surface area contributed by atoms with E-state index in [0.717, 1.165) is 12.8 Å². The van der Waals surface area contributed by atoms with Crippen LogP contribution < -0.4 is 11.1 Å². The molecular weight excluding hydrogens is 359 g/mol. The summed E-state index contributed by atoms with van der Waals surface area (Å²) in [5.41, 5.74) is 4.45. The van der Waals surface area contributed by atoms with Gasteiger partial charge in [-0.15, -0.1) is 0 Å². The number of nitrogens with two attached hydrogens (primary N) is 1. The number of nitrogens with zero attached hydrogens (tertiary/aromatic N) is 2. The summed E-state index contributed by atoms with van der Waals surface area (Å²) in [6.45, 7) is 5.16. The molecule has 0 radical (unpaired) electrons. The molecule has 152 valence electrons. The summed E-state index contributed by atoms with van der Waals surface area (Å²) >= 11 is 0. The van der Waals surface area contributed by atoms with E-state index in [1.54, 1.807) is 33.9 Å². The van der Waals surface area contributed by atoms with E-state index in [2.05, 4.69) is 10.3 Å². The number of aliphatic imine (C=N–C) groups is 1. The topological polar surface area (TPSA) is 87.8 Å². The van der Waals surface area contributed by atoms with Gasteiger partial charge in [-0.1, -0.05) is 12.8 Å². The lowest BCUT2D eigenvalue weighted by atomic mass is 9.67. The molecule has 1 aromatic rings. The van der Waals surface area contributed by atoms with Gasteiger partial charge in [0.15, 0.2) is 5.96 Å². The number of carbonyl (C=O) groups excluding carboxylic acids is 2. The number of amides is 2. The molecule has 0 spiro atoms. The van der Waals surface area contributed by atoms with Gasteiger partial charge in [0, 0.05) is 24.7 Å². The number of carbonyl (C=O) groups is 2. The van der Waals surface area contributed by atoms with E-state index < -0.39 is 16.8 Å². The zero-order valence-corrected chi connectivity index (χ0v) is 17.0. The minimum atomic E-state index is -1.20. The molecule has 28 heavy (non-hydrogen) atoms. The van der Waals surface area contributed by atoms with Crippen molar-refractivity contribution >= 4 is 23.5 Å². The third kappa shape index (κ3) is 3.38. The van der Waals surface area contributed by atoms with Gasteiger partial charge in [-0.2, -0.15) is 0 Å². The monoisotopic (exact) mass is 388 g/mol. The summed E-state index contributed by atoms with van der Waals surface area (Å²) in [5, 5.41) is 2.87. The van der Waals surface area contributed by atoms with Gasteiger partial charge in [0.2, 0.25) is 11.8 Å². The smallest absolute Gasteiger partial charge is 0.237 e. The van der Waals surface area contributed by atoms with Gasteiger partial charge >= 0.3 is 0 Å². The fourth-order valence-electron chi connectivity index (χ4n) is 4.24. The second-order valence-corrected chi connectivity index (χ2v) is 8.63. The third-order valence-corrected chi connectivity index (χ3v) is 6.46. The molecule has 3 N–H and O–H groups in total. The average molecular weight is 388 g/mol. The van der Waals surface area contributed by atoms with Crippen molar-refractivity contribution in [2.24, 2.45) is 22.1 Å². The summed E-state index contributed by atoms with van der Waals surface area (Å²) < 4.78 is 14.8. The highest BCUT2D eigenvalue weighted by atomic mass is 19.1. The van der Waals surface area contributed by atoms with Crippen LogP contribution in [0.4, 0.5) is 10.1 Å². The van der Waals surface area contributed by atoms with Gasteiger partial charge < -0.3 is 11.1 Å². The SMILES string of the molecule is CN1C(=O)C(C)(C)[C@@](C)(c2cc(NC(=O)CC3CCCC3)ccc2F)N=C1N. The molecule has 0 aromatic heterocycles. The average Bonchev–Trinajstić information content (AvgIpc) is 3.13. The lowest BCUT2D eigenvalue weighted by Gasteiger charge is -2.46. The van der Waals surface area contributed by atoms with Crippen LogP contribution in [0.25, 0.3) is 0 Å². The zero-order valence-electron chi connectivity index (χ0n) is 17.0. The van der Waals surface area contributed by atoms with Crippen LogP contribution in [0.15, 0.2) is 23.2 Å². The third-order valence-electron chi connectivity index (χ3n) is 6.46. The van der Waals surface area contributed by atoms with E-state index >= 15 is 0 Å². The van der Waals surface area contributed by atoms with Crippen molar-refractivity contribution in [2.45, 2.75) is 58.4 Å². The molecule has 2 amide bonds. The van der Waals surface area contributed by atoms with Crippen LogP contribution in [0.1, 0.15) is 58.4 Å². The van der Waals surface area contributed by atoms with Crippen LogP contribution in [0.5, 0.6) is 0 Å². The second kappa shape index (κ2) is 7.18. The Kier molecular flexibility index (Phi) is 5.21. The van der Waals surface area contributed by atoms with Gasteiger partial charge in [0.05, 0.1) is 5.41 Å². The van der Waals surface area contributed by atoms with Gasteiger partial charge in [-0.3, -0.25) is 14.5 Å². The number of hydrogen-bond donors (Lipinski definition) is 2. The predicted molar refractivity (Wildman–Crippen MR) is 107 cm³/mol. The van der Waals surface area contributed by atoms with E-state index in [0.29, 0.717) is 18.0 Å². The van der Waals surface area contributed by atoms with Crippen molar-refractivity contribution in [1.29, 1.82) is 0 Å². The number of nitrogens with one attached hydrogen (secondary N) is 1. The highest BCUT2D eigenvalue weighted by Crippen LogP contribution is 2.47. The molecule has 7 heteroatoms. The number of guanidine groups is 1. The standard InChI is InChI=1S/C21H29FN4O2/c1-20(2)18(28)26(4)19(23)25-21(20,3)15-12-14(9-10-16(15)22)24-17(27)11-13-7-5-6-8-13/h9-10,12-13H,5-8,11H2,1-4H3,(H2,23,25)(H,24,27)/t21-/m1/s1. The van der Waals surface area contributed by atoms with Crippen LogP contribution in [0, 0.1) is 17.2 Å². The maximum atomic E-state index is 14.8. The summed E-state index contributed by atoms with van der Waals surface area (Å²) in [5.74, 6) is -0.332. The lowest BCUT2D eigenvalue weighted by Crippen LogP contribution is -2.58. The Morgan fingerprint density at radius 1 is 1.32 bits per heavy atom. The van der Waals surface area contributed by atoms with Crippen LogP contribution in [0.3, 0.4) is 0 Å². The molecule has 2 aliphatic rings. The largest absolute Gasteiger partial charge is 0.369 e. The van der Waals surface area contributed by atoms with Crippen LogP contribution in [-0.2, 0) is 15.1 Å². The molecule has 1 aromatic carbocycles. The fourth-order valence-corrected chi connectivity index (χ4v) is 4.24. The molecule has 1 aliphatic carbocycles. The van der Waals surface area contributed by atoms with E-state index in [-0.39, 0.29) is 23.3 Å². The number of halogens is 1. The quantitative estimate of drug-likeness (QED) is 0.829. The number of rotatable bonds is 4. The first-order chi connectivity index (χ1) is 13.1. The second-order valence-electron chi connectivity index (χ2n) is 8.63. The highest BCUT2D eigenvalue weighted by Gasteiger charge is 2.53. The summed E-state index contributed by atoms with van der Waals surface area (Å²) in [6, 6.07) is 4.40. The molecule has 1 atom stereocenters. The van der Waals surface area contributed by atoms with Crippen molar-refractivity contribution in [3.05, 3.63) is 29.6 Å². The molecule has 0 saturated heterocycles. The van der Waals surface area contributed by atoms with Crippen molar-refractivity contribution in [3.63, 3.8) is 0 Å². The molecule has 1 fully saturated rings. The van der Waals surface area contributed by atoms with E-state index in [1.165, 1.54) is 29.9 Å². The van der Waals surface area contributed by atoms with Crippen LogP contribution in [-0.4, -0.2) is 29.7 Å². The van der Waals surface area contributed by atoms with Gasteiger partial charge in [0.25, 0.3) is 0 Å². The van der Waals surface area contributed by atoms with E-state index in [1.807, 2.05) is 0 Å². The van der Waals surface area contributed by atoms with E-state index in [9.17, 15) is 14.0 Å². The number of hydrogen-bond acceptors (Lipinski definition) is 4. The van der Waals surface area contributed by atoms with E-state index in [4.69, 9.17) is 5.73 Å². The molecular formula is C21H29FN4O2. The molecule has 0 unspecified atom stereocenters. The minimum absolute atomic E-state index is 0.0434. The Bertz CT molecular complexity index is 830. The van der Waals surface area contributed by atoms with Gasteiger partial charge in [-0.25, -0.2) is 9.38 Å². The Labute approximate surface area is 165 Å². The summed E-state index contributed by atoms with van der Waals surface area (Å²) in [6.07, 6.45) is 4.99. The lowest BCUT2D eigenvalue weighted by molar-refractivity contribution is -0.140. The molecule has 1 heterocycles. The Morgan fingerprint density at radius 2 is 1.96 bits per heavy atom. The first-order valence-electron chi connectivity index (χ1n) is 9.79. The first-order valence-corrected chi connectivity index (χ1v) is 9.79. The minimum Gasteiger partial charge on any atom is -0.369 e. The van der Waals surface area contributed by atoms with Gasteiger partial charge in [-0.05, 0) is 57.7 Å². The number of anilines is 1. The van der Waals surface area contributed by atoms with Crippen molar-refractivity contribution in [2.75, 3.05) is 12.4 Å². The maximum absolute atomic E-state index is 14.8. The number of benzene rings is 1. The molecule has 6 nitrogen and oxygen atoms in total. The summed E-state index contributed by atoms with van der Waals surface area (Å²) in [4.78, 5) is 30.9. The summed E-state index contributed by atoms with van der Waals surface area (Å²) in [7, 11) is 1.55. The molecule has 1 saturated carbocycles. The van der Waals surface area contributed by atoms with Crippen molar-refractivity contribution in [3.8, 4) is 0 Å². The Morgan fingerprint density at radius 3 is 2.61 bits per heavy atom. The maximum Gasteiger partial charge on any atom is 0.237 e. The predicted octanol–water partition coefficient (Wildman–Crippen LogP) is 3.37. The molecule has 1 aliphatic heterocycles. The van der Waals surface area contributed by atoms with Crippen LogP contribution in [0.2, 0.25) is 0 Å².